The quantitative estimate of drug-likeness (QED) is 0.603. The Bertz CT molecular complexity index is 1240. The Labute approximate surface area is 179 Å². The molecule has 2 aromatic rings. The molecule has 0 heterocycles. The molecule has 2 aromatic carbocycles. The van der Waals surface area contributed by atoms with E-state index in [0.717, 1.165) is 17.7 Å². The molecule has 2 aliphatic rings. The number of allylic oxidation sites excluding steroid dienone is 7. The predicted molar refractivity (Wildman–Crippen MR) is 125 cm³/mol. The van der Waals surface area contributed by atoms with Crippen molar-refractivity contribution in [1.29, 1.82) is 0 Å². The van der Waals surface area contributed by atoms with Gasteiger partial charge in [-0.05, 0) is 77.9 Å². The standard InChI is InChI=1S/C26H28O3S/c1-5-30(27,28)23-10-9-21-14-19(6-8-22(21)16-23)13-20-7-11-24-18(3)26(29-4)12-17(2)25(24)15-20/h6-13,15,22H,5,14,16H2,1-4H3. The molecule has 30 heavy (non-hydrogen) atoms. The Balaban J connectivity index is 1.65. The van der Waals surface area contributed by atoms with E-state index in [1.165, 1.54) is 33.0 Å². The molecule has 0 saturated carbocycles. The fourth-order valence-electron chi connectivity index (χ4n) is 4.42. The first-order chi connectivity index (χ1) is 14.3. The number of hydrogen-bond acceptors (Lipinski definition) is 3. The Morgan fingerprint density at radius 3 is 2.67 bits per heavy atom. The highest BCUT2D eigenvalue weighted by atomic mass is 32.2. The van der Waals surface area contributed by atoms with Crippen molar-refractivity contribution >= 4 is 26.7 Å². The van der Waals surface area contributed by atoms with Gasteiger partial charge in [-0.1, -0.05) is 48.9 Å². The summed E-state index contributed by atoms with van der Waals surface area (Å²) in [6.45, 7) is 5.92. The van der Waals surface area contributed by atoms with Crippen LogP contribution in [0.5, 0.6) is 5.75 Å². The Kier molecular flexibility index (Phi) is 5.46. The van der Waals surface area contributed by atoms with Crippen molar-refractivity contribution in [3.05, 3.63) is 81.3 Å². The zero-order valence-electron chi connectivity index (χ0n) is 18.0. The first-order valence-electron chi connectivity index (χ1n) is 10.4. The Hall–Kier alpha value is -2.59. The molecule has 0 radical (unpaired) electrons. The second-order valence-electron chi connectivity index (χ2n) is 8.17. The highest BCUT2D eigenvalue weighted by Crippen LogP contribution is 2.37. The molecule has 1 atom stereocenters. The largest absolute Gasteiger partial charge is 0.496 e. The van der Waals surface area contributed by atoms with E-state index < -0.39 is 9.84 Å². The minimum Gasteiger partial charge on any atom is -0.496 e. The van der Waals surface area contributed by atoms with Gasteiger partial charge in [0.1, 0.15) is 5.75 Å². The molecular formula is C26H28O3S. The molecular weight excluding hydrogens is 392 g/mol. The summed E-state index contributed by atoms with van der Waals surface area (Å²) in [7, 11) is -1.40. The maximum atomic E-state index is 12.2. The lowest BCUT2D eigenvalue weighted by molar-refractivity contribution is 0.412. The van der Waals surface area contributed by atoms with Crippen LogP contribution < -0.4 is 4.74 Å². The monoisotopic (exact) mass is 420 g/mol. The smallest absolute Gasteiger partial charge is 0.174 e. The Morgan fingerprint density at radius 1 is 1.13 bits per heavy atom. The van der Waals surface area contributed by atoms with Crippen LogP contribution in [-0.2, 0) is 9.84 Å². The molecule has 0 saturated heterocycles. The molecule has 0 aromatic heterocycles. The fourth-order valence-corrected chi connectivity index (χ4v) is 5.50. The van der Waals surface area contributed by atoms with Gasteiger partial charge in [0.05, 0.1) is 12.9 Å². The number of rotatable bonds is 4. The van der Waals surface area contributed by atoms with Crippen LogP contribution in [0.4, 0.5) is 0 Å². The van der Waals surface area contributed by atoms with Gasteiger partial charge in [-0.25, -0.2) is 8.42 Å². The van der Waals surface area contributed by atoms with Crippen LogP contribution in [0.1, 0.15) is 36.5 Å². The third kappa shape index (κ3) is 3.77. The molecule has 0 bridgehead atoms. The molecule has 0 fully saturated rings. The van der Waals surface area contributed by atoms with Gasteiger partial charge >= 0.3 is 0 Å². The average molecular weight is 421 g/mol. The lowest BCUT2D eigenvalue weighted by atomic mass is 9.82. The van der Waals surface area contributed by atoms with E-state index in [9.17, 15) is 8.42 Å². The number of fused-ring (bicyclic) bond motifs is 2. The van der Waals surface area contributed by atoms with Crippen LogP contribution >= 0.6 is 0 Å². The van der Waals surface area contributed by atoms with Crippen molar-refractivity contribution in [2.75, 3.05) is 12.9 Å². The average Bonchev–Trinajstić information content (AvgIpc) is 2.75. The fraction of sp³-hybridized carbons (Fsp3) is 0.308. The van der Waals surface area contributed by atoms with Crippen LogP contribution in [0.2, 0.25) is 0 Å². The van der Waals surface area contributed by atoms with E-state index in [-0.39, 0.29) is 11.7 Å². The SMILES string of the molecule is CCS(=O)(=O)C1=CC=C2CC(=Cc3ccc4c(C)c(OC)cc(C)c4c3)C=CC2C1. The number of benzene rings is 2. The van der Waals surface area contributed by atoms with E-state index >= 15 is 0 Å². The third-order valence-corrected chi connectivity index (χ3v) is 8.13. The van der Waals surface area contributed by atoms with Crippen LogP contribution in [0.3, 0.4) is 0 Å². The summed E-state index contributed by atoms with van der Waals surface area (Å²) in [4.78, 5) is 0.562. The second kappa shape index (κ2) is 7.92. The summed E-state index contributed by atoms with van der Waals surface area (Å²) in [6, 6.07) is 8.67. The van der Waals surface area contributed by atoms with E-state index in [0.29, 0.717) is 11.3 Å². The second-order valence-corrected chi connectivity index (χ2v) is 10.5. The zero-order valence-corrected chi connectivity index (χ0v) is 18.8. The third-order valence-electron chi connectivity index (χ3n) is 6.27. The molecule has 0 N–H and O–H groups in total. The maximum Gasteiger partial charge on any atom is 0.174 e. The first kappa shape index (κ1) is 20.7. The van der Waals surface area contributed by atoms with Gasteiger partial charge in [0.25, 0.3) is 0 Å². The number of hydrogen-bond donors (Lipinski definition) is 0. The van der Waals surface area contributed by atoms with Crippen molar-refractivity contribution < 1.29 is 13.2 Å². The van der Waals surface area contributed by atoms with Gasteiger partial charge < -0.3 is 4.74 Å². The van der Waals surface area contributed by atoms with E-state index in [1.54, 1.807) is 20.1 Å². The summed E-state index contributed by atoms with van der Waals surface area (Å²) in [6.07, 6.45) is 11.8. The van der Waals surface area contributed by atoms with Crippen molar-refractivity contribution in [2.45, 2.75) is 33.6 Å². The number of sulfone groups is 1. The van der Waals surface area contributed by atoms with E-state index in [1.807, 2.05) is 6.08 Å². The summed E-state index contributed by atoms with van der Waals surface area (Å²) in [5.41, 5.74) is 6.08. The molecule has 4 rings (SSSR count). The number of ether oxygens (including phenoxy) is 1. The minimum atomic E-state index is -3.11. The van der Waals surface area contributed by atoms with Gasteiger partial charge in [-0.3, -0.25) is 0 Å². The van der Waals surface area contributed by atoms with E-state index in [2.05, 4.69) is 56.3 Å². The predicted octanol–water partition coefficient (Wildman–Crippen LogP) is 6.07. The summed E-state index contributed by atoms with van der Waals surface area (Å²) >= 11 is 0. The van der Waals surface area contributed by atoms with Gasteiger partial charge in [0.2, 0.25) is 0 Å². The molecule has 1 unspecified atom stereocenters. The van der Waals surface area contributed by atoms with Crippen LogP contribution in [0, 0.1) is 19.8 Å². The molecule has 156 valence electrons. The molecule has 0 amide bonds. The normalized spacial score (nSPS) is 20.1. The minimum absolute atomic E-state index is 0.163. The van der Waals surface area contributed by atoms with Crippen molar-refractivity contribution in [3.8, 4) is 5.75 Å². The van der Waals surface area contributed by atoms with Crippen molar-refractivity contribution in [1.82, 2.24) is 0 Å². The topological polar surface area (TPSA) is 43.4 Å². The molecule has 4 heteroatoms. The lowest BCUT2D eigenvalue weighted by Gasteiger charge is -2.26. The van der Waals surface area contributed by atoms with Crippen LogP contribution in [0.15, 0.2) is 64.6 Å². The highest BCUT2D eigenvalue weighted by molar-refractivity contribution is 7.95. The summed E-state index contributed by atoms with van der Waals surface area (Å²) in [5, 5.41) is 2.47. The van der Waals surface area contributed by atoms with Gasteiger partial charge in [-0.15, -0.1) is 0 Å². The summed E-state index contributed by atoms with van der Waals surface area (Å²) in [5.74, 6) is 1.28. The van der Waals surface area contributed by atoms with Crippen molar-refractivity contribution in [2.24, 2.45) is 5.92 Å². The van der Waals surface area contributed by atoms with E-state index in [4.69, 9.17) is 4.74 Å². The number of aryl methyl sites for hydroxylation is 2. The van der Waals surface area contributed by atoms with Gasteiger partial charge in [-0.2, -0.15) is 0 Å². The lowest BCUT2D eigenvalue weighted by Crippen LogP contribution is -2.16. The van der Waals surface area contributed by atoms with Crippen molar-refractivity contribution in [3.63, 3.8) is 0 Å². The molecule has 0 aliphatic heterocycles. The van der Waals surface area contributed by atoms with Gasteiger partial charge in [0.15, 0.2) is 9.84 Å². The number of methoxy groups -OCH3 is 1. The van der Waals surface area contributed by atoms with Crippen LogP contribution in [-0.4, -0.2) is 21.3 Å². The zero-order chi connectivity index (χ0) is 21.5. The van der Waals surface area contributed by atoms with Crippen LogP contribution in [0.25, 0.3) is 16.8 Å². The summed E-state index contributed by atoms with van der Waals surface area (Å²) < 4.78 is 29.9. The molecule has 3 nitrogen and oxygen atoms in total. The maximum absolute atomic E-state index is 12.2. The first-order valence-corrected chi connectivity index (χ1v) is 12.1. The highest BCUT2D eigenvalue weighted by Gasteiger charge is 2.26. The molecule has 0 spiro atoms. The Morgan fingerprint density at radius 2 is 1.93 bits per heavy atom. The van der Waals surface area contributed by atoms with Gasteiger partial charge in [0, 0.05) is 10.8 Å². The molecule has 2 aliphatic carbocycles.